The lowest BCUT2D eigenvalue weighted by molar-refractivity contribution is 0.0935. The van der Waals surface area contributed by atoms with E-state index >= 15 is 0 Å². The van der Waals surface area contributed by atoms with Gasteiger partial charge in [-0.2, -0.15) is 0 Å². The van der Waals surface area contributed by atoms with Gasteiger partial charge in [-0.3, -0.25) is 4.79 Å². The molecule has 1 N–H and O–H groups in total. The fourth-order valence-electron chi connectivity index (χ4n) is 2.51. The number of amides is 1. The first-order valence-corrected chi connectivity index (χ1v) is 6.13. The van der Waals surface area contributed by atoms with Crippen LogP contribution in [0.1, 0.15) is 43.5 Å². The van der Waals surface area contributed by atoms with Crippen molar-refractivity contribution in [3.63, 3.8) is 0 Å². The maximum Gasteiger partial charge on any atom is 0.251 e. The molecule has 1 aliphatic rings. The van der Waals surface area contributed by atoms with E-state index in [0.717, 1.165) is 37.5 Å². The van der Waals surface area contributed by atoms with Crippen LogP contribution in [0.4, 0.5) is 8.78 Å². The molecular formula is C14H17F2NO. The largest absolute Gasteiger partial charge is 0.349 e. The highest BCUT2D eigenvalue weighted by Crippen LogP contribution is 2.36. The molecule has 0 aromatic heterocycles. The minimum atomic E-state index is -0.730. The minimum Gasteiger partial charge on any atom is -0.349 e. The van der Waals surface area contributed by atoms with Gasteiger partial charge in [0.1, 0.15) is 11.6 Å². The molecule has 0 spiro atoms. The molecule has 1 aromatic rings. The Morgan fingerprint density at radius 2 is 1.89 bits per heavy atom. The maximum atomic E-state index is 13.0. The van der Waals surface area contributed by atoms with E-state index in [1.807, 2.05) is 0 Å². The normalized spacial score (nSPS) is 21.9. The number of hydrogen-bond donors (Lipinski definition) is 1. The van der Waals surface area contributed by atoms with Crippen LogP contribution >= 0.6 is 0 Å². The van der Waals surface area contributed by atoms with Gasteiger partial charge in [-0.25, -0.2) is 8.78 Å². The number of carbonyl (C=O) groups excluding carboxylic acids is 1. The van der Waals surface area contributed by atoms with Crippen molar-refractivity contribution in [2.24, 2.45) is 5.41 Å². The first-order valence-electron chi connectivity index (χ1n) is 6.13. The number of benzene rings is 1. The van der Waals surface area contributed by atoms with Crippen LogP contribution < -0.4 is 5.32 Å². The molecule has 1 unspecified atom stereocenters. The molecule has 18 heavy (non-hydrogen) atoms. The van der Waals surface area contributed by atoms with Crippen LogP contribution in [-0.2, 0) is 0 Å². The highest BCUT2D eigenvalue weighted by atomic mass is 19.1. The molecule has 1 fully saturated rings. The molecular weight excluding hydrogens is 236 g/mol. The van der Waals surface area contributed by atoms with E-state index in [1.165, 1.54) is 0 Å². The van der Waals surface area contributed by atoms with Crippen LogP contribution in [0.25, 0.3) is 0 Å². The third-order valence-corrected chi connectivity index (χ3v) is 3.43. The molecule has 1 aliphatic carbocycles. The minimum absolute atomic E-state index is 0.0391. The van der Waals surface area contributed by atoms with Crippen molar-refractivity contribution in [2.45, 2.75) is 39.2 Å². The van der Waals surface area contributed by atoms with Gasteiger partial charge in [0.15, 0.2) is 0 Å². The molecule has 0 aliphatic heterocycles. The highest BCUT2D eigenvalue weighted by Gasteiger charge is 2.31. The van der Waals surface area contributed by atoms with Crippen LogP contribution in [-0.4, -0.2) is 11.9 Å². The van der Waals surface area contributed by atoms with E-state index in [-0.39, 0.29) is 17.0 Å². The van der Waals surface area contributed by atoms with Gasteiger partial charge < -0.3 is 5.32 Å². The van der Waals surface area contributed by atoms with Gasteiger partial charge in [0.2, 0.25) is 0 Å². The summed E-state index contributed by atoms with van der Waals surface area (Å²) in [5.41, 5.74) is 0.266. The summed E-state index contributed by atoms with van der Waals surface area (Å²) >= 11 is 0. The van der Waals surface area contributed by atoms with Crippen molar-refractivity contribution < 1.29 is 13.6 Å². The Morgan fingerprint density at radius 1 is 1.28 bits per heavy atom. The van der Waals surface area contributed by atoms with Gasteiger partial charge in [0, 0.05) is 17.7 Å². The number of halogens is 2. The van der Waals surface area contributed by atoms with Crippen LogP contribution in [0.2, 0.25) is 0 Å². The van der Waals surface area contributed by atoms with Gasteiger partial charge in [0.25, 0.3) is 5.91 Å². The van der Waals surface area contributed by atoms with Crippen LogP contribution in [0.15, 0.2) is 18.2 Å². The second-order valence-corrected chi connectivity index (χ2v) is 5.74. The summed E-state index contributed by atoms with van der Waals surface area (Å²) in [4.78, 5) is 11.9. The third kappa shape index (κ3) is 3.06. The average molecular weight is 253 g/mol. The summed E-state index contributed by atoms with van der Waals surface area (Å²) in [5.74, 6) is -1.87. The molecule has 0 bridgehead atoms. The molecule has 1 aromatic carbocycles. The summed E-state index contributed by atoms with van der Waals surface area (Å²) in [6, 6.07) is 2.96. The first kappa shape index (κ1) is 13.0. The topological polar surface area (TPSA) is 29.1 Å². The van der Waals surface area contributed by atoms with Crippen LogP contribution in [0.5, 0.6) is 0 Å². The van der Waals surface area contributed by atoms with Gasteiger partial charge in [0.05, 0.1) is 0 Å². The Labute approximate surface area is 105 Å². The quantitative estimate of drug-likeness (QED) is 0.861. The SMILES string of the molecule is CC1(C)CCC(NC(=O)c2cc(F)cc(F)c2)C1. The Bertz CT molecular complexity index is 451. The molecule has 0 saturated heterocycles. The van der Waals surface area contributed by atoms with E-state index < -0.39 is 17.5 Å². The zero-order chi connectivity index (χ0) is 13.3. The van der Waals surface area contributed by atoms with Crippen molar-refractivity contribution in [2.75, 3.05) is 0 Å². The molecule has 1 atom stereocenters. The van der Waals surface area contributed by atoms with Gasteiger partial charge in [-0.05, 0) is 36.8 Å². The van der Waals surface area contributed by atoms with Crippen molar-refractivity contribution in [3.05, 3.63) is 35.4 Å². The van der Waals surface area contributed by atoms with Gasteiger partial charge in [-0.1, -0.05) is 13.8 Å². The molecule has 1 amide bonds. The van der Waals surface area contributed by atoms with Crippen LogP contribution in [0, 0.1) is 17.0 Å². The Morgan fingerprint density at radius 3 is 2.39 bits per heavy atom. The summed E-state index contributed by atoms with van der Waals surface area (Å²) < 4.78 is 26.0. The fraction of sp³-hybridized carbons (Fsp3) is 0.500. The summed E-state index contributed by atoms with van der Waals surface area (Å²) in [6.45, 7) is 4.31. The van der Waals surface area contributed by atoms with Crippen molar-refractivity contribution in [1.82, 2.24) is 5.32 Å². The number of carbonyl (C=O) groups is 1. The van der Waals surface area contributed by atoms with E-state index in [0.29, 0.717) is 0 Å². The second-order valence-electron chi connectivity index (χ2n) is 5.74. The predicted octanol–water partition coefficient (Wildman–Crippen LogP) is 3.27. The van der Waals surface area contributed by atoms with E-state index in [1.54, 1.807) is 0 Å². The zero-order valence-electron chi connectivity index (χ0n) is 10.6. The number of rotatable bonds is 2. The fourth-order valence-corrected chi connectivity index (χ4v) is 2.51. The lowest BCUT2D eigenvalue weighted by Gasteiger charge is -2.17. The molecule has 2 nitrogen and oxygen atoms in total. The summed E-state index contributed by atoms with van der Waals surface area (Å²) in [5, 5.41) is 2.83. The van der Waals surface area contributed by atoms with E-state index in [2.05, 4.69) is 19.2 Å². The molecule has 4 heteroatoms. The zero-order valence-corrected chi connectivity index (χ0v) is 10.6. The Balaban J connectivity index is 2.04. The monoisotopic (exact) mass is 253 g/mol. The molecule has 0 radical (unpaired) electrons. The second kappa shape index (κ2) is 4.67. The number of hydrogen-bond acceptors (Lipinski definition) is 1. The van der Waals surface area contributed by atoms with E-state index in [9.17, 15) is 13.6 Å². The van der Waals surface area contributed by atoms with Crippen molar-refractivity contribution >= 4 is 5.91 Å². The first-order chi connectivity index (χ1) is 8.35. The Kier molecular flexibility index (Phi) is 3.37. The average Bonchev–Trinajstić information content (AvgIpc) is 2.56. The van der Waals surface area contributed by atoms with Gasteiger partial charge in [-0.15, -0.1) is 0 Å². The maximum absolute atomic E-state index is 13.0. The smallest absolute Gasteiger partial charge is 0.251 e. The standard InChI is InChI=1S/C14H17F2NO/c1-14(2)4-3-12(8-14)17-13(18)9-5-10(15)7-11(16)6-9/h5-7,12H,3-4,8H2,1-2H3,(H,17,18). The summed E-state index contributed by atoms with van der Waals surface area (Å²) in [6.07, 6.45) is 2.86. The molecule has 1 saturated carbocycles. The van der Waals surface area contributed by atoms with Gasteiger partial charge >= 0.3 is 0 Å². The Hall–Kier alpha value is -1.45. The summed E-state index contributed by atoms with van der Waals surface area (Å²) in [7, 11) is 0. The third-order valence-electron chi connectivity index (χ3n) is 3.43. The van der Waals surface area contributed by atoms with Crippen molar-refractivity contribution in [3.8, 4) is 0 Å². The predicted molar refractivity (Wildman–Crippen MR) is 65.2 cm³/mol. The van der Waals surface area contributed by atoms with E-state index in [4.69, 9.17) is 0 Å². The molecule has 0 heterocycles. The van der Waals surface area contributed by atoms with Crippen molar-refractivity contribution in [1.29, 1.82) is 0 Å². The molecule has 2 rings (SSSR count). The lowest BCUT2D eigenvalue weighted by atomic mass is 9.92. The highest BCUT2D eigenvalue weighted by molar-refractivity contribution is 5.94. The van der Waals surface area contributed by atoms with Crippen LogP contribution in [0.3, 0.4) is 0 Å². The molecule has 98 valence electrons. The lowest BCUT2D eigenvalue weighted by Crippen LogP contribution is -2.33. The number of nitrogens with one attached hydrogen (secondary N) is 1.